The lowest BCUT2D eigenvalue weighted by molar-refractivity contribution is -0.134. The number of nitrogens with one attached hydrogen (secondary N) is 3. The number of hydrogen-bond acceptors (Lipinski definition) is 13. The Morgan fingerprint density at radius 2 is 1.66 bits per heavy atom. The van der Waals surface area contributed by atoms with Crippen molar-refractivity contribution in [3.63, 3.8) is 0 Å². The van der Waals surface area contributed by atoms with Crippen LogP contribution in [0.15, 0.2) is 91.0 Å². The first-order valence-electron chi connectivity index (χ1n) is 23.5. The van der Waals surface area contributed by atoms with Crippen LogP contribution in [-0.4, -0.2) is 117 Å². The van der Waals surface area contributed by atoms with E-state index in [-0.39, 0.29) is 42.3 Å². The van der Waals surface area contributed by atoms with Crippen molar-refractivity contribution in [1.29, 1.82) is 0 Å². The fraction of sp³-hybridized carbons (Fsp3) is 0.308. The summed E-state index contributed by atoms with van der Waals surface area (Å²) in [5.41, 5.74) is 7.23. The van der Waals surface area contributed by atoms with Gasteiger partial charge >= 0.3 is 5.97 Å². The molecule has 0 aliphatic carbocycles. The fourth-order valence-electron chi connectivity index (χ4n) is 9.86. The number of ether oxygens (including phenoxy) is 1. The molecule has 358 valence electrons. The van der Waals surface area contributed by atoms with Gasteiger partial charge in [-0.1, -0.05) is 59.9 Å². The van der Waals surface area contributed by atoms with Crippen molar-refractivity contribution < 1.29 is 33.8 Å². The number of nitrogens with zero attached hydrogens (tertiary/aromatic N) is 7. The monoisotopic (exact) mass is 960 g/mol. The maximum Gasteiger partial charge on any atom is 0.355 e. The molecule has 6 heterocycles. The first-order valence-corrected chi connectivity index (χ1v) is 24.3. The Kier molecular flexibility index (Phi) is 13.1. The summed E-state index contributed by atoms with van der Waals surface area (Å²) in [7, 11) is 1.79. The summed E-state index contributed by atoms with van der Waals surface area (Å²) in [6.45, 7) is 7.54. The molecule has 4 N–H and O–H groups in total. The van der Waals surface area contributed by atoms with Crippen LogP contribution in [0.5, 0.6) is 5.75 Å². The highest BCUT2D eigenvalue weighted by Crippen LogP contribution is 2.36. The number of para-hydroxylation sites is 2. The lowest BCUT2D eigenvalue weighted by atomic mass is 9.92. The number of imide groups is 1. The summed E-state index contributed by atoms with van der Waals surface area (Å²) in [5, 5.41) is 24.9. The summed E-state index contributed by atoms with van der Waals surface area (Å²) >= 11 is 1.42. The predicted octanol–water partition coefficient (Wildman–Crippen LogP) is 6.61. The maximum atomic E-state index is 13.6. The van der Waals surface area contributed by atoms with Gasteiger partial charge in [-0.05, 0) is 90.9 Å². The van der Waals surface area contributed by atoms with E-state index in [1.54, 1.807) is 11.7 Å². The van der Waals surface area contributed by atoms with E-state index in [0.29, 0.717) is 71.7 Å². The number of aryl methyl sites for hydroxylation is 1. The van der Waals surface area contributed by atoms with E-state index in [4.69, 9.17) is 9.72 Å². The third kappa shape index (κ3) is 9.57. The zero-order valence-corrected chi connectivity index (χ0v) is 39.7. The van der Waals surface area contributed by atoms with Gasteiger partial charge in [-0.15, -0.1) is 0 Å². The molecule has 70 heavy (non-hydrogen) atoms. The van der Waals surface area contributed by atoms with Gasteiger partial charge in [0.2, 0.25) is 17.7 Å². The highest BCUT2D eigenvalue weighted by atomic mass is 32.1. The Morgan fingerprint density at radius 3 is 2.47 bits per heavy atom. The third-order valence-corrected chi connectivity index (χ3v) is 14.4. The normalized spacial score (nSPS) is 16.5. The molecule has 2 fully saturated rings. The molecule has 1 atom stereocenters. The van der Waals surface area contributed by atoms with Gasteiger partial charge < -0.3 is 25.0 Å². The van der Waals surface area contributed by atoms with Gasteiger partial charge in [-0.3, -0.25) is 39.4 Å². The third-order valence-electron chi connectivity index (χ3n) is 13.5. The molecule has 0 bridgehead atoms. The van der Waals surface area contributed by atoms with Gasteiger partial charge in [0, 0.05) is 75.8 Å². The number of piperidine rings is 1. The van der Waals surface area contributed by atoms with Crippen LogP contribution < -0.4 is 25.6 Å². The fourth-order valence-corrected chi connectivity index (χ4v) is 10.7. The molecule has 2 saturated heterocycles. The van der Waals surface area contributed by atoms with Crippen LogP contribution in [-0.2, 0) is 34.4 Å². The molecule has 4 aromatic carbocycles. The van der Waals surface area contributed by atoms with Gasteiger partial charge in [-0.25, -0.2) is 14.8 Å². The minimum absolute atomic E-state index is 0.0616. The lowest BCUT2D eigenvalue weighted by Crippen LogP contribution is -2.48. The van der Waals surface area contributed by atoms with E-state index in [1.807, 2.05) is 103 Å². The first-order chi connectivity index (χ1) is 34.0. The Morgan fingerprint density at radius 1 is 0.857 bits per heavy atom. The number of carboxylic acids is 1. The van der Waals surface area contributed by atoms with Crippen molar-refractivity contribution in [3.8, 4) is 16.9 Å². The number of aromatic nitrogens is 4. The summed E-state index contributed by atoms with van der Waals surface area (Å²) in [5.74, 6) is -1.49. The van der Waals surface area contributed by atoms with Crippen molar-refractivity contribution in [2.45, 2.75) is 45.1 Å². The molecular weight excluding hydrogens is 909 g/mol. The number of benzene rings is 4. The van der Waals surface area contributed by atoms with E-state index < -0.39 is 11.9 Å². The number of aromatic carboxylic acids is 1. The van der Waals surface area contributed by atoms with Crippen LogP contribution >= 0.6 is 11.3 Å². The molecule has 18 heteroatoms. The molecule has 0 saturated carbocycles. The zero-order valence-electron chi connectivity index (χ0n) is 38.9. The lowest BCUT2D eigenvalue weighted by Gasteiger charge is -2.34. The van der Waals surface area contributed by atoms with Gasteiger partial charge in [0.05, 0.1) is 46.2 Å². The summed E-state index contributed by atoms with van der Waals surface area (Å²) in [6, 6.07) is 28.3. The smallest absolute Gasteiger partial charge is 0.355 e. The minimum atomic E-state index is -1.14. The van der Waals surface area contributed by atoms with E-state index >= 15 is 0 Å². The van der Waals surface area contributed by atoms with E-state index in [9.17, 15) is 29.1 Å². The molecule has 10 rings (SSSR count). The second-order valence-corrected chi connectivity index (χ2v) is 19.0. The molecule has 4 amide bonds. The topological polar surface area (TPSA) is 204 Å². The van der Waals surface area contributed by atoms with Crippen molar-refractivity contribution in [2.24, 2.45) is 7.05 Å². The number of pyridine rings is 1. The number of anilines is 3. The second kappa shape index (κ2) is 19.8. The molecule has 17 nitrogen and oxygen atoms in total. The van der Waals surface area contributed by atoms with Gasteiger partial charge in [0.15, 0.2) is 10.8 Å². The average molecular weight is 961 g/mol. The zero-order chi connectivity index (χ0) is 48.5. The standard InChI is InChI=1S/C52H52N10O7S/c1-31-33(34-17-19-43(55-47(34)51(67)68)62-23-21-32-9-5-11-35(38(32)29-62)49(65)57-52-54-39-13-3-4-16-42(39)70-52)10-7-15-41(31)69-28-8-22-60-24-26-61(27-25-60)30-45(64)53-40-14-6-12-36-46(58-59(2)48(36)40)37-18-20-44(63)56-50(37)66/h3-7,9-17,19,37H,8,18,20-30H2,1-2H3,(H,53,64)(H,67,68)(H,54,57,65)(H,56,63,66). The van der Waals surface area contributed by atoms with Gasteiger partial charge in [0.1, 0.15) is 11.6 Å². The van der Waals surface area contributed by atoms with Crippen LogP contribution in [0, 0.1) is 6.92 Å². The Labute approximate surface area is 407 Å². The van der Waals surface area contributed by atoms with Crippen molar-refractivity contribution in [1.82, 2.24) is 34.9 Å². The quantitative estimate of drug-likeness (QED) is 0.0670. The van der Waals surface area contributed by atoms with Crippen LogP contribution in [0.4, 0.5) is 16.6 Å². The summed E-state index contributed by atoms with van der Waals surface area (Å²) in [4.78, 5) is 79.9. The predicted molar refractivity (Wildman–Crippen MR) is 268 cm³/mol. The van der Waals surface area contributed by atoms with E-state index in [2.05, 4.69) is 35.8 Å². The first kappa shape index (κ1) is 46.2. The number of rotatable bonds is 14. The number of thiazole rings is 1. The number of fused-ring (bicyclic) bond motifs is 3. The Hall–Kier alpha value is -7.54. The number of carboxylic acid groups (broad SMARTS) is 1. The van der Waals surface area contributed by atoms with Crippen molar-refractivity contribution >= 4 is 78.7 Å². The van der Waals surface area contributed by atoms with Crippen molar-refractivity contribution in [2.75, 3.05) is 68.0 Å². The highest BCUT2D eigenvalue weighted by Gasteiger charge is 2.32. The summed E-state index contributed by atoms with van der Waals surface area (Å²) in [6.07, 6.45) is 2.10. The summed E-state index contributed by atoms with van der Waals surface area (Å²) < 4.78 is 8.97. The molecule has 3 aromatic heterocycles. The Bertz CT molecular complexity index is 3160. The SMILES string of the molecule is Cc1c(OCCCN2CCN(CC(=O)Nc3cccc4c(C5CCC(=O)NC5=O)nn(C)c34)CC2)cccc1-c1ccc(N2CCc3cccc(C(=O)Nc4nc5ccccc5s4)c3C2)nc1C(=O)O. The van der Waals surface area contributed by atoms with Crippen LogP contribution in [0.3, 0.4) is 0 Å². The Balaban J connectivity index is 0.719. The number of carbonyl (C=O) groups is 5. The van der Waals surface area contributed by atoms with Gasteiger partial charge in [0.25, 0.3) is 5.91 Å². The van der Waals surface area contributed by atoms with Crippen LogP contribution in [0.2, 0.25) is 0 Å². The average Bonchev–Trinajstić information content (AvgIpc) is 3.93. The molecule has 3 aliphatic heterocycles. The van der Waals surface area contributed by atoms with E-state index in [0.717, 1.165) is 82.5 Å². The highest BCUT2D eigenvalue weighted by molar-refractivity contribution is 7.22. The molecule has 0 radical (unpaired) electrons. The van der Waals surface area contributed by atoms with Crippen molar-refractivity contribution in [3.05, 3.63) is 125 Å². The molecule has 0 spiro atoms. The number of hydrogen-bond donors (Lipinski definition) is 4. The maximum absolute atomic E-state index is 13.6. The van der Waals surface area contributed by atoms with E-state index in [1.165, 1.54) is 11.3 Å². The molecule has 1 unspecified atom stereocenters. The molecule has 7 aromatic rings. The molecule has 3 aliphatic rings. The van der Waals surface area contributed by atoms with Crippen LogP contribution in [0.1, 0.15) is 68.4 Å². The second-order valence-electron chi connectivity index (χ2n) is 17.9. The molecular formula is C52H52N10O7S. The number of amides is 4. The largest absolute Gasteiger partial charge is 0.493 e. The van der Waals surface area contributed by atoms with Crippen LogP contribution in [0.25, 0.3) is 32.2 Å². The van der Waals surface area contributed by atoms with Gasteiger partial charge in [-0.2, -0.15) is 5.10 Å². The minimum Gasteiger partial charge on any atom is -0.493 e. The number of carbonyl (C=O) groups excluding carboxylic acids is 4. The number of piperazine rings is 1.